The van der Waals surface area contributed by atoms with E-state index in [9.17, 15) is 8.78 Å². The summed E-state index contributed by atoms with van der Waals surface area (Å²) in [5, 5.41) is 2.99. The van der Waals surface area contributed by atoms with Crippen molar-refractivity contribution in [2.45, 2.75) is 32.6 Å². The van der Waals surface area contributed by atoms with Gasteiger partial charge in [-0.15, -0.1) is 0 Å². The lowest BCUT2D eigenvalue weighted by molar-refractivity contribution is 0.0215. The molecule has 0 atom stereocenters. The molecule has 0 saturated heterocycles. The van der Waals surface area contributed by atoms with E-state index in [-0.39, 0.29) is 12.0 Å². The van der Waals surface area contributed by atoms with Gasteiger partial charge in [-0.3, -0.25) is 0 Å². The van der Waals surface area contributed by atoms with Crippen LogP contribution in [0.25, 0.3) is 0 Å². The highest BCUT2D eigenvalue weighted by Crippen LogP contribution is 2.21. The van der Waals surface area contributed by atoms with E-state index in [0.29, 0.717) is 24.0 Å². The van der Waals surface area contributed by atoms with E-state index in [2.05, 4.69) is 20.7 Å². The van der Waals surface area contributed by atoms with Crippen LogP contribution in [0.5, 0.6) is 0 Å². The van der Waals surface area contributed by atoms with E-state index in [1.54, 1.807) is 6.07 Å². The number of nitrogen functional groups attached to an aromatic ring is 1. The Kier molecular flexibility index (Phi) is 6.03. The summed E-state index contributed by atoms with van der Waals surface area (Å²) in [6, 6.07) is 1.64. The van der Waals surface area contributed by atoms with Crippen molar-refractivity contribution in [2.24, 2.45) is 5.84 Å². The monoisotopic (exact) mass is 289 g/mol. The van der Waals surface area contributed by atoms with Gasteiger partial charge in [-0.2, -0.15) is 0 Å². The van der Waals surface area contributed by atoms with Crippen LogP contribution in [0.2, 0.25) is 0 Å². The number of hydrogen-bond acceptors (Lipinski definition) is 6. The van der Waals surface area contributed by atoms with Crippen LogP contribution in [0.15, 0.2) is 6.07 Å². The van der Waals surface area contributed by atoms with Gasteiger partial charge in [0, 0.05) is 18.0 Å². The van der Waals surface area contributed by atoms with Crippen molar-refractivity contribution in [1.29, 1.82) is 0 Å². The largest absolute Gasteiger partial charge is 0.374 e. The topological polar surface area (TPSA) is 85.1 Å². The summed E-state index contributed by atoms with van der Waals surface area (Å²) in [5.74, 6) is 7.05. The normalized spacial score (nSPS) is 11.8. The van der Waals surface area contributed by atoms with Crippen molar-refractivity contribution in [3.05, 3.63) is 11.9 Å². The van der Waals surface area contributed by atoms with Gasteiger partial charge in [-0.05, 0) is 0 Å². The minimum atomic E-state index is -2.45. The molecule has 0 unspecified atom stereocenters. The first-order valence-corrected chi connectivity index (χ1v) is 6.29. The first-order chi connectivity index (χ1) is 9.32. The average Bonchev–Trinajstić information content (AvgIpc) is 2.36. The molecule has 20 heavy (non-hydrogen) atoms. The van der Waals surface area contributed by atoms with Gasteiger partial charge in [0.15, 0.2) is 0 Å². The maximum Gasteiger partial charge on any atom is 0.261 e. The Morgan fingerprint density at radius 3 is 2.50 bits per heavy atom. The molecule has 1 aromatic heterocycles. The molecule has 0 aromatic carbocycles. The van der Waals surface area contributed by atoms with Gasteiger partial charge in [-0.1, -0.05) is 20.8 Å². The van der Waals surface area contributed by atoms with Gasteiger partial charge in [0.2, 0.25) is 0 Å². The van der Waals surface area contributed by atoms with Crippen molar-refractivity contribution in [1.82, 2.24) is 9.97 Å². The highest BCUT2D eigenvalue weighted by atomic mass is 19.3. The average molecular weight is 289 g/mol. The molecule has 8 heteroatoms. The quantitative estimate of drug-likeness (QED) is 0.403. The lowest BCUT2D eigenvalue weighted by Gasteiger charge is -2.18. The Bertz CT molecular complexity index is 423. The molecule has 6 nitrogen and oxygen atoms in total. The minimum absolute atomic E-state index is 0.171. The second-order valence-corrected chi connectivity index (χ2v) is 5.25. The standard InChI is InChI=1S/C12H21F2N5O/c1-12(2,3)11-17-9(6-10(18-11)19-15)16-4-5-20-7-8(13)14/h6,8H,4-5,7,15H2,1-3H3,(H2,16,17,18,19). The lowest BCUT2D eigenvalue weighted by Crippen LogP contribution is -2.21. The summed E-state index contributed by atoms with van der Waals surface area (Å²) in [5.41, 5.74) is 2.25. The summed E-state index contributed by atoms with van der Waals surface area (Å²) in [4.78, 5) is 8.64. The van der Waals surface area contributed by atoms with E-state index < -0.39 is 13.0 Å². The Labute approximate surface area is 117 Å². The molecular formula is C12H21F2N5O. The molecule has 0 radical (unpaired) electrons. The highest BCUT2D eigenvalue weighted by molar-refractivity contribution is 5.47. The van der Waals surface area contributed by atoms with Crippen molar-refractivity contribution in [3.8, 4) is 0 Å². The second kappa shape index (κ2) is 7.30. The number of nitrogens with zero attached hydrogens (tertiary/aromatic N) is 2. The van der Waals surface area contributed by atoms with Gasteiger partial charge in [0.05, 0.1) is 6.61 Å². The molecule has 0 spiro atoms. The molecule has 1 aromatic rings. The summed E-state index contributed by atoms with van der Waals surface area (Å²) < 4.78 is 28.5. The van der Waals surface area contributed by atoms with Crippen molar-refractivity contribution >= 4 is 11.6 Å². The summed E-state index contributed by atoms with van der Waals surface area (Å²) in [6.45, 7) is 5.94. The molecule has 0 bridgehead atoms. The fourth-order valence-electron chi connectivity index (χ4n) is 1.37. The van der Waals surface area contributed by atoms with Gasteiger partial charge in [-0.25, -0.2) is 24.6 Å². The van der Waals surface area contributed by atoms with Gasteiger partial charge < -0.3 is 15.5 Å². The smallest absolute Gasteiger partial charge is 0.261 e. The molecule has 4 N–H and O–H groups in total. The number of nitrogens with one attached hydrogen (secondary N) is 2. The van der Waals surface area contributed by atoms with Crippen LogP contribution in [0.3, 0.4) is 0 Å². The second-order valence-electron chi connectivity index (χ2n) is 5.25. The maximum atomic E-state index is 11.9. The van der Waals surface area contributed by atoms with Crippen LogP contribution in [0, 0.1) is 0 Å². The van der Waals surface area contributed by atoms with E-state index >= 15 is 0 Å². The Hall–Kier alpha value is -1.54. The van der Waals surface area contributed by atoms with E-state index in [4.69, 9.17) is 10.6 Å². The number of halogens is 2. The van der Waals surface area contributed by atoms with Crippen LogP contribution < -0.4 is 16.6 Å². The minimum Gasteiger partial charge on any atom is -0.374 e. The molecule has 0 amide bonds. The van der Waals surface area contributed by atoms with Crippen LogP contribution in [-0.4, -0.2) is 36.2 Å². The van der Waals surface area contributed by atoms with Crippen molar-refractivity contribution < 1.29 is 13.5 Å². The molecule has 0 aliphatic carbocycles. The fourth-order valence-corrected chi connectivity index (χ4v) is 1.37. The Balaban J connectivity index is 2.61. The van der Waals surface area contributed by atoms with Crippen LogP contribution in [-0.2, 0) is 10.2 Å². The highest BCUT2D eigenvalue weighted by Gasteiger charge is 2.19. The third kappa shape index (κ3) is 5.62. The van der Waals surface area contributed by atoms with Gasteiger partial charge in [0.25, 0.3) is 6.43 Å². The molecule has 114 valence electrons. The van der Waals surface area contributed by atoms with E-state index in [0.717, 1.165) is 0 Å². The number of nitrogens with two attached hydrogens (primary N) is 1. The predicted molar refractivity (Wildman–Crippen MR) is 73.9 cm³/mol. The van der Waals surface area contributed by atoms with Crippen molar-refractivity contribution in [2.75, 3.05) is 30.5 Å². The first kappa shape index (κ1) is 16.5. The predicted octanol–water partition coefficient (Wildman–Crippen LogP) is 1.75. The summed E-state index contributed by atoms with van der Waals surface area (Å²) in [7, 11) is 0. The van der Waals surface area contributed by atoms with E-state index in [1.807, 2.05) is 20.8 Å². The number of hydrogen-bond donors (Lipinski definition) is 3. The van der Waals surface area contributed by atoms with Crippen LogP contribution >= 0.6 is 0 Å². The molecule has 1 rings (SSSR count). The van der Waals surface area contributed by atoms with E-state index in [1.165, 1.54) is 0 Å². The third-order valence-corrected chi connectivity index (χ3v) is 2.34. The van der Waals surface area contributed by atoms with Gasteiger partial charge in [0.1, 0.15) is 24.1 Å². The van der Waals surface area contributed by atoms with Crippen molar-refractivity contribution in [3.63, 3.8) is 0 Å². The number of alkyl halides is 2. The molecule has 0 aliphatic rings. The molecule has 0 aliphatic heterocycles. The fraction of sp³-hybridized carbons (Fsp3) is 0.667. The van der Waals surface area contributed by atoms with Crippen LogP contribution in [0.1, 0.15) is 26.6 Å². The zero-order valence-electron chi connectivity index (χ0n) is 11.9. The molecule has 0 fully saturated rings. The van der Waals surface area contributed by atoms with Gasteiger partial charge >= 0.3 is 0 Å². The lowest BCUT2D eigenvalue weighted by atomic mass is 9.96. The molecule has 0 saturated carbocycles. The third-order valence-electron chi connectivity index (χ3n) is 2.34. The zero-order valence-corrected chi connectivity index (χ0v) is 11.9. The zero-order chi connectivity index (χ0) is 15.2. The first-order valence-electron chi connectivity index (χ1n) is 6.29. The number of rotatable bonds is 7. The number of hydrazine groups is 1. The number of ether oxygens (including phenoxy) is 1. The Morgan fingerprint density at radius 2 is 1.95 bits per heavy atom. The molecule has 1 heterocycles. The number of aromatic nitrogens is 2. The summed E-state index contributed by atoms with van der Waals surface area (Å²) in [6.07, 6.45) is -2.45. The van der Waals surface area contributed by atoms with Crippen LogP contribution in [0.4, 0.5) is 20.4 Å². The SMILES string of the molecule is CC(C)(C)c1nc(NN)cc(NCCOCC(F)F)n1. The Morgan fingerprint density at radius 1 is 1.30 bits per heavy atom. The summed E-state index contributed by atoms with van der Waals surface area (Å²) >= 11 is 0. The molecular weight excluding hydrogens is 268 g/mol. The number of anilines is 2. The maximum absolute atomic E-state index is 11.9.